The van der Waals surface area contributed by atoms with Crippen molar-refractivity contribution in [3.63, 3.8) is 0 Å². The Hall–Kier alpha value is -2.02. The second-order valence-corrected chi connectivity index (χ2v) is 4.82. The number of halogens is 3. The number of nitro groups is 1. The normalized spacial score (nSPS) is 10.3. The summed E-state index contributed by atoms with van der Waals surface area (Å²) in [4.78, 5) is 9.80. The molecule has 0 amide bonds. The first-order chi connectivity index (χ1) is 9.47. The van der Waals surface area contributed by atoms with Crippen LogP contribution >= 0.6 is 15.9 Å². The SMILES string of the molecule is O=[N+]([O-])c1cccc(COc2cc(F)cc(Br)c2)c1F. The minimum absolute atomic E-state index is 0.0274. The molecular formula is C13H8BrF2NO3. The van der Waals surface area contributed by atoms with Crippen LogP contribution in [-0.4, -0.2) is 4.92 Å². The average Bonchev–Trinajstić information content (AvgIpc) is 2.36. The van der Waals surface area contributed by atoms with Crippen LogP contribution in [0.1, 0.15) is 5.56 Å². The lowest BCUT2D eigenvalue weighted by Crippen LogP contribution is -2.02. The molecule has 0 atom stereocenters. The van der Waals surface area contributed by atoms with Crippen molar-refractivity contribution in [3.8, 4) is 5.75 Å². The predicted molar refractivity (Wildman–Crippen MR) is 71.5 cm³/mol. The number of hydrogen-bond donors (Lipinski definition) is 0. The first-order valence-electron chi connectivity index (χ1n) is 5.48. The number of ether oxygens (including phenoxy) is 1. The van der Waals surface area contributed by atoms with Crippen LogP contribution in [0.2, 0.25) is 0 Å². The van der Waals surface area contributed by atoms with E-state index in [1.807, 2.05) is 0 Å². The highest BCUT2D eigenvalue weighted by Crippen LogP contribution is 2.24. The number of nitro benzene ring substituents is 1. The summed E-state index contributed by atoms with van der Waals surface area (Å²) in [7, 11) is 0. The van der Waals surface area contributed by atoms with Gasteiger partial charge in [0.05, 0.1) is 4.92 Å². The molecule has 104 valence electrons. The van der Waals surface area contributed by atoms with Crippen molar-refractivity contribution in [2.75, 3.05) is 0 Å². The lowest BCUT2D eigenvalue weighted by Gasteiger charge is -2.08. The zero-order valence-electron chi connectivity index (χ0n) is 9.98. The van der Waals surface area contributed by atoms with E-state index in [-0.39, 0.29) is 17.9 Å². The molecule has 0 bridgehead atoms. The van der Waals surface area contributed by atoms with Gasteiger partial charge in [-0.2, -0.15) is 4.39 Å². The number of rotatable bonds is 4. The molecule has 2 rings (SSSR count). The average molecular weight is 344 g/mol. The van der Waals surface area contributed by atoms with Crippen molar-refractivity contribution in [2.45, 2.75) is 6.61 Å². The summed E-state index contributed by atoms with van der Waals surface area (Å²) in [5.74, 6) is -1.26. The molecule has 0 fully saturated rings. The Bertz CT molecular complexity index is 644. The molecule has 2 aromatic carbocycles. The first-order valence-corrected chi connectivity index (χ1v) is 6.27. The molecule has 0 aromatic heterocycles. The number of hydrogen-bond acceptors (Lipinski definition) is 3. The highest BCUT2D eigenvalue weighted by Gasteiger charge is 2.17. The van der Waals surface area contributed by atoms with Crippen LogP contribution in [0.5, 0.6) is 5.75 Å². The van der Waals surface area contributed by atoms with Gasteiger partial charge in [0.1, 0.15) is 18.2 Å². The van der Waals surface area contributed by atoms with Gasteiger partial charge < -0.3 is 4.74 Å². The molecule has 0 aliphatic rings. The molecule has 0 radical (unpaired) electrons. The Kier molecular flexibility index (Phi) is 4.29. The van der Waals surface area contributed by atoms with Gasteiger partial charge in [0.25, 0.3) is 0 Å². The monoisotopic (exact) mass is 343 g/mol. The van der Waals surface area contributed by atoms with E-state index in [0.29, 0.717) is 4.47 Å². The lowest BCUT2D eigenvalue weighted by molar-refractivity contribution is -0.387. The van der Waals surface area contributed by atoms with Crippen LogP contribution in [0.25, 0.3) is 0 Å². The van der Waals surface area contributed by atoms with Crippen molar-refractivity contribution in [1.82, 2.24) is 0 Å². The zero-order chi connectivity index (χ0) is 14.7. The molecule has 4 nitrogen and oxygen atoms in total. The van der Waals surface area contributed by atoms with E-state index in [0.717, 1.165) is 12.1 Å². The third-order valence-electron chi connectivity index (χ3n) is 2.49. The first kappa shape index (κ1) is 14.4. The second-order valence-electron chi connectivity index (χ2n) is 3.90. The minimum atomic E-state index is -0.951. The quantitative estimate of drug-likeness (QED) is 0.617. The van der Waals surface area contributed by atoms with Crippen LogP contribution in [0.3, 0.4) is 0 Å². The Labute approximate surface area is 121 Å². The van der Waals surface area contributed by atoms with E-state index in [1.165, 1.54) is 24.3 Å². The van der Waals surface area contributed by atoms with E-state index >= 15 is 0 Å². The van der Waals surface area contributed by atoms with Crippen molar-refractivity contribution in [1.29, 1.82) is 0 Å². The Morgan fingerprint density at radius 3 is 2.65 bits per heavy atom. The highest BCUT2D eigenvalue weighted by atomic mass is 79.9. The number of benzene rings is 2. The summed E-state index contributed by atoms with van der Waals surface area (Å²) >= 11 is 3.10. The Balaban J connectivity index is 2.19. The summed E-state index contributed by atoms with van der Waals surface area (Å²) in [6.07, 6.45) is 0. The maximum Gasteiger partial charge on any atom is 0.305 e. The van der Waals surface area contributed by atoms with Crippen molar-refractivity contribution >= 4 is 21.6 Å². The van der Waals surface area contributed by atoms with E-state index < -0.39 is 22.2 Å². The molecule has 0 spiro atoms. The third-order valence-corrected chi connectivity index (χ3v) is 2.94. The van der Waals surface area contributed by atoms with Crippen LogP contribution in [0.4, 0.5) is 14.5 Å². The summed E-state index contributed by atoms with van der Waals surface area (Å²) in [6, 6.07) is 7.70. The van der Waals surface area contributed by atoms with Crippen molar-refractivity contribution < 1.29 is 18.4 Å². The van der Waals surface area contributed by atoms with Crippen LogP contribution in [0.15, 0.2) is 40.9 Å². The molecule has 0 N–H and O–H groups in total. The van der Waals surface area contributed by atoms with Gasteiger partial charge in [-0.05, 0) is 12.1 Å². The standard InChI is InChI=1S/C13H8BrF2NO3/c14-9-4-10(15)6-11(5-9)20-7-8-2-1-3-12(13(8)16)17(18)19/h1-6H,7H2. The molecule has 20 heavy (non-hydrogen) atoms. The number of nitrogens with zero attached hydrogens (tertiary/aromatic N) is 1. The van der Waals surface area contributed by atoms with Crippen LogP contribution in [-0.2, 0) is 6.61 Å². The van der Waals surface area contributed by atoms with Gasteiger partial charge in [-0.15, -0.1) is 0 Å². The zero-order valence-corrected chi connectivity index (χ0v) is 11.6. The van der Waals surface area contributed by atoms with Gasteiger partial charge in [0.15, 0.2) is 0 Å². The molecule has 0 saturated carbocycles. The van der Waals surface area contributed by atoms with Crippen LogP contribution in [0, 0.1) is 21.7 Å². The lowest BCUT2D eigenvalue weighted by atomic mass is 10.2. The molecule has 2 aromatic rings. The Morgan fingerprint density at radius 1 is 1.25 bits per heavy atom. The Morgan fingerprint density at radius 2 is 2.00 bits per heavy atom. The fourth-order valence-corrected chi connectivity index (χ4v) is 2.04. The van der Waals surface area contributed by atoms with Gasteiger partial charge in [-0.3, -0.25) is 10.1 Å². The molecule has 0 aliphatic heterocycles. The fraction of sp³-hybridized carbons (Fsp3) is 0.0769. The second kappa shape index (κ2) is 5.96. The summed E-state index contributed by atoms with van der Waals surface area (Å²) in [5.41, 5.74) is -0.592. The largest absolute Gasteiger partial charge is 0.489 e. The maximum absolute atomic E-state index is 13.8. The van der Waals surface area contributed by atoms with E-state index in [9.17, 15) is 18.9 Å². The molecule has 0 saturated heterocycles. The summed E-state index contributed by atoms with van der Waals surface area (Å²) in [5, 5.41) is 10.6. The molecule has 0 heterocycles. The van der Waals surface area contributed by atoms with Gasteiger partial charge in [-0.1, -0.05) is 28.1 Å². The molecule has 0 unspecified atom stereocenters. The van der Waals surface area contributed by atoms with E-state index in [1.54, 1.807) is 0 Å². The van der Waals surface area contributed by atoms with Gasteiger partial charge in [0.2, 0.25) is 5.82 Å². The van der Waals surface area contributed by atoms with Gasteiger partial charge >= 0.3 is 5.69 Å². The third kappa shape index (κ3) is 3.30. The van der Waals surface area contributed by atoms with Crippen molar-refractivity contribution in [2.24, 2.45) is 0 Å². The maximum atomic E-state index is 13.8. The van der Waals surface area contributed by atoms with E-state index in [4.69, 9.17) is 4.74 Å². The highest BCUT2D eigenvalue weighted by molar-refractivity contribution is 9.10. The molecule has 0 aliphatic carbocycles. The topological polar surface area (TPSA) is 52.4 Å². The minimum Gasteiger partial charge on any atom is -0.489 e. The molecular weight excluding hydrogens is 336 g/mol. The van der Waals surface area contributed by atoms with Gasteiger partial charge in [0, 0.05) is 22.2 Å². The van der Waals surface area contributed by atoms with Crippen molar-refractivity contribution in [3.05, 3.63) is 68.2 Å². The molecule has 7 heteroatoms. The van der Waals surface area contributed by atoms with Crippen LogP contribution < -0.4 is 4.74 Å². The van der Waals surface area contributed by atoms with E-state index in [2.05, 4.69) is 15.9 Å². The summed E-state index contributed by atoms with van der Waals surface area (Å²) in [6.45, 7) is -0.233. The smallest absolute Gasteiger partial charge is 0.305 e. The summed E-state index contributed by atoms with van der Waals surface area (Å²) < 4.78 is 32.6. The van der Waals surface area contributed by atoms with Gasteiger partial charge in [-0.25, -0.2) is 4.39 Å². The predicted octanol–water partition coefficient (Wildman–Crippen LogP) is 4.21. The fourth-order valence-electron chi connectivity index (χ4n) is 1.59.